The van der Waals surface area contributed by atoms with Crippen molar-refractivity contribution in [3.05, 3.63) is 186 Å². The average Bonchev–Trinajstić information content (AvgIpc) is 3.47. The van der Waals surface area contributed by atoms with Crippen molar-refractivity contribution in [2.45, 2.75) is 70.1 Å². The van der Waals surface area contributed by atoms with Crippen LogP contribution in [0.2, 0.25) is 0 Å². The molecule has 4 bridgehead atoms. The highest BCUT2D eigenvalue weighted by atomic mass is 15.1. The lowest BCUT2D eigenvalue weighted by Crippen LogP contribution is -2.48. The highest BCUT2D eigenvalue weighted by Crippen LogP contribution is 2.61. The van der Waals surface area contributed by atoms with E-state index in [0.29, 0.717) is 5.41 Å². The molecule has 1 nitrogen and oxygen atoms in total. The Balaban J connectivity index is 0.888. The number of anilines is 3. The lowest BCUT2D eigenvalue weighted by Gasteiger charge is -2.57. The molecule has 0 unspecified atom stereocenters. The van der Waals surface area contributed by atoms with Crippen molar-refractivity contribution in [1.29, 1.82) is 0 Å². The Bertz CT molecular complexity index is 2550. The van der Waals surface area contributed by atoms with E-state index >= 15 is 0 Å². The number of aryl methyl sites for hydroxylation is 1. The minimum Gasteiger partial charge on any atom is -0.310 e. The Morgan fingerprint density at radius 3 is 1.33 bits per heavy atom. The summed E-state index contributed by atoms with van der Waals surface area (Å²) in [6.07, 6.45) is 8.75. The van der Waals surface area contributed by atoms with Crippen LogP contribution in [0.3, 0.4) is 0 Å². The summed E-state index contributed by atoms with van der Waals surface area (Å²) in [4.78, 5) is 2.41. The molecule has 0 saturated heterocycles. The van der Waals surface area contributed by atoms with E-state index in [1.165, 1.54) is 105 Å². The van der Waals surface area contributed by atoms with Crippen LogP contribution >= 0.6 is 0 Å². The molecule has 5 aliphatic carbocycles. The minimum atomic E-state index is -0.0740. The van der Waals surface area contributed by atoms with E-state index in [0.717, 1.165) is 29.1 Å². The molecule has 7 aromatic rings. The number of fused-ring (bicyclic) bond motifs is 3. The van der Waals surface area contributed by atoms with Crippen LogP contribution in [0, 0.1) is 24.7 Å². The van der Waals surface area contributed by atoms with Crippen LogP contribution in [0.1, 0.15) is 74.6 Å². The molecule has 0 atom stereocenters. The van der Waals surface area contributed by atoms with Gasteiger partial charge in [-0.1, -0.05) is 147 Å². The Hall–Kier alpha value is -5.66. The first-order valence-corrected chi connectivity index (χ1v) is 21.3. The van der Waals surface area contributed by atoms with Gasteiger partial charge in [-0.3, -0.25) is 0 Å². The number of benzene rings is 7. The SMILES string of the molecule is Cc1ccc(-c2ccc(N(c3ccc(-c4ccc(-c5ccc(C67CC8CC(CC(C8)C6)C7)cc5)cc4)cc3)c3ccc4c(c3)C(C)(C)c3ccccc3-4)cc2)cc1. The largest absolute Gasteiger partial charge is 0.310 e. The van der Waals surface area contributed by atoms with Gasteiger partial charge in [-0.05, 0) is 166 Å². The fourth-order valence-electron chi connectivity index (χ4n) is 12.0. The van der Waals surface area contributed by atoms with E-state index < -0.39 is 0 Å². The van der Waals surface area contributed by atoms with Crippen LogP contribution < -0.4 is 4.90 Å². The zero-order chi connectivity index (χ0) is 38.3. The fraction of sp³-hybridized carbons (Fsp3) is 0.250. The summed E-state index contributed by atoms with van der Waals surface area (Å²) in [7, 11) is 0. The second-order valence-corrected chi connectivity index (χ2v) is 18.5. The van der Waals surface area contributed by atoms with Gasteiger partial charge >= 0.3 is 0 Å². The number of hydrogen-bond acceptors (Lipinski definition) is 1. The predicted molar refractivity (Wildman–Crippen MR) is 240 cm³/mol. The molecule has 280 valence electrons. The van der Waals surface area contributed by atoms with Crippen LogP contribution in [0.25, 0.3) is 44.5 Å². The van der Waals surface area contributed by atoms with E-state index in [1.54, 1.807) is 5.56 Å². The number of hydrogen-bond donors (Lipinski definition) is 0. The molecule has 57 heavy (non-hydrogen) atoms. The highest BCUT2D eigenvalue weighted by molar-refractivity contribution is 5.86. The first-order valence-electron chi connectivity index (χ1n) is 21.3. The molecule has 0 aromatic heterocycles. The Kier molecular flexibility index (Phi) is 8.01. The van der Waals surface area contributed by atoms with E-state index in [2.05, 4.69) is 189 Å². The van der Waals surface area contributed by atoms with Gasteiger partial charge in [0.15, 0.2) is 0 Å². The lowest BCUT2D eigenvalue weighted by molar-refractivity contribution is -0.00518. The van der Waals surface area contributed by atoms with E-state index in [9.17, 15) is 0 Å². The summed E-state index contributed by atoms with van der Waals surface area (Å²) in [5.41, 5.74) is 19.7. The fourth-order valence-corrected chi connectivity index (χ4v) is 12.0. The van der Waals surface area contributed by atoms with Crippen molar-refractivity contribution in [3.63, 3.8) is 0 Å². The van der Waals surface area contributed by atoms with Crippen LogP contribution in [-0.2, 0) is 10.8 Å². The topological polar surface area (TPSA) is 3.24 Å². The summed E-state index contributed by atoms with van der Waals surface area (Å²) >= 11 is 0. The van der Waals surface area contributed by atoms with Crippen molar-refractivity contribution < 1.29 is 0 Å². The molecule has 0 heterocycles. The van der Waals surface area contributed by atoms with Gasteiger partial charge in [-0.15, -0.1) is 0 Å². The molecule has 12 rings (SSSR count). The third kappa shape index (κ3) is 5.89. The summed E-state index contributed by atoms with van der Waals surface area (Å²) in [5.74, 6) is 2.92. The summed E-state index contributed by atoms with van der Waals surface area (Å²) in [6.45, 7) is 6.86. The molecule has 4 saturated carbocycles. The molecule has 4 fully saturated rings. The van der Waals surface area contributed by atoms with Crippen molar-refractivity contribution in [2.75, 3.05) is 4.90 Å². The quantitative estimate of drug-likeness (QED) is 0.157. The van der Waals surface area contributed by atoms with Gasteiger partial charge in [-0.25, -0.2) is 0 Å². The minimum absolute atomic E-state index is 0.0740. The van der Waals surface area contributed by atoms with Crippen LogP contribution in [0.4, 0.5) is 17.1 Å². The third-order valence-corrected chi connectivity index (χ3v) is 14.5. The van der Waals surface area contributed by atoms with Gasteiger partial charge in [0.05, 0.1) is 0 Å². The van der Waals surface area contributed by atoms with Crippen LogP contribution in [-0.4, -0.2) is 0 Å². The van der Waals surface area contributed by atoms with Crippen molar-refractivity contribution in [1.82, 2.24) is 0 Å². The van der Waals surface area contributed by atoms with Gasteiger partial charge < -0.3 is 4.90 Å². The molecular formula is C56H51N. The zero-order valence-electron chi connectivity index (χ0n) is 33.5. The van der Waals surface area contributed by atoms with E-state index in [-0.39, 0.29) is 5.41 Å². The molecular weight excluding hydrogens is 687 g/mol. The van der Waals surface area contributed by atoms with Crippen LogP contribution in [0.15, 0.2) is 164 Å². The summed E-state index contributed by atoms with van der Waals surface area (Å²) in [5, 5.41) is 0. The van der Waals surface area contributed by atoms with Gasteiger partial charge in [0.2, 0.25) is 0 Å². The molecule has 0 amide bonds. The molecule has 0 radical (unpaired) electrons. The lowest BCUT2D eigenvalue weighted by atomic mass is 9.48. The van der Waals surface area contributed by atoms with Crippen LogP contribution in [0.5, 0.6) is 0 Å². The highest BCUT2D eigenvalue weighted by Gasteiger charge is 2.51. The molecule has 7 aromatic carbocycles. The molecule has 0 spiro atoms. The monoisotopic (exact) mass is 737 g/mol. The van der Waals surface area contributed by atoms with E-state index in [1.807, 2.05) is 0 Å². The van der Waals surface area contributed by atoms with Gasteiger partial charge in [0, 0.05) is 22.5 Å². The number of nitrogens with zero attached hydrogens (tertiary/aromatic N) is 1. The van der Waals surface area contributed by atoms with Gasteiger partial charge in [0.1, 0.15) is 0 Å². The standard InChI is InChI=1S/C56H51N/c1-37-8-10-41(11-9-37)45-18-24-48(25-19-45)57(50-28-29-52-51-6-4-5-7-53(51)55(2,3)54(52)33-50)49-26-20-46(21-27-49)43-14-12-42(13-15-43)44-16-22-47(23-17-44)56-34-38-30-39(35-56)32-40(31-38)36-56/h4-29,33,38-40H,30-32,34-36H2,1-3H3. The second-order valence-electron chi connectivity index (χ2n) is 18.5. The maximum atomic E-state index is 2.47. The first kappa shape index (κ1) is 34.6. The predicted octanol–water partition coefficient (Wildman–Crippen LogP) is 15.2. The maximum Gasteiger partial charge on any atom is 0.0465 e. The zero-order valence-corrected chi connectivity index (χ0v) is 33.5. The maximum absolute atomic E-state index is 2.47. The Morgan fingerprint density at radius 1 is 0.421 bits per heavy atom. The van der Waals surface area contributed by atoms with Crippen molar-refractivity contribution >= 4 is 17.1 Å². The summed E-state index contributed by atoms with van der Waals surface area (Å²) < 4.78 is 0. The van der Waals surface area contributed by atoms with Crippen molar-refractivity contribution in [2.24, 2.45) is 17.8 Å². The second kappa shape index (κ2) is 13.2. The first-order chi connectivity index (χ1) is 27.8. The Labute approximate surface area is 339 Å². The van der Waals surface area contributed by atoms with E-state index in [4.69, 9.17) is 0 Å². The third-order valence-electron chi connectivity index (χ3n) is 14.5. The normalized spacial score (nSPS) is 22.3. The molecule has 0 N–H and O–H groups in total. The molecule has 5 aliphatic rings. The molecule has 1 heteroatoms. The smallest absolute Gasteiger partial charge is 0.0465 e. The number of rotatable bonds is 7. The van der Waals surface area contributed by atoms with Crippen molar-refractivity contribution in [3.8, 4) is 44.5 Å². The average molecular weight is 738 g/mol. The van der Waals surface area contributed by atoms with Gasteiger partial charge in [-0.2, -0.15) is 0 Å². The Morgan fingerprint density at radius 2 is 0.825 bits per heavy atom. The summed E-state index contributed by atoms with van der Waals surface area (Å²) in [6, 6.07) is 61.8. The molecule has 0 aliphatic heterocycles. The van der Waals surface area contributed by atoms with Gasteiger partial charge in [0.25, 0.3) is 0 Å².